The molecule has 3 nitrogen and oxygen atoms in total. The molecule has 2 rings (SSSR count). The summed E-state index contributed by atoms with van der Waals surface area (Å²) >= 11 is 0. The molecule has 1 aromatic heterocycles. The minimum atomic E-state index is 0.620. The maximum Gasteiger partial charge on any atom is 0.0951 e. The van der Waals surface area contributed by atoms with Crippen molar-refractivity contribution in [1.82, 2.24) is 14.9 Å². The van der Waals surface area contributed by atoms with Crippen molar-refractivity contribution in [2.75, 3.05) is 13.1 Å². The minimum absolute atomic E-state index is 0.620. The molecule has 1 N–H and O–H groups in total. The van der Waals surface area contributed by atoms with Gasteiger partial charge in [0.2, 0.25) is 0 Å². The molecule has 15 heavy (non-hydrogen) atoms. The van der Waals surface area contributed by atoms with Gasteiger partial charge in [0.15, 0.2) is 0 Å². The Labute approximate surface area is 91.9 Å². The van der Waals surface area contributed by atoms with Crippen LogP contribution in [0.4, 0.5) is 0 Å². The van der Waals surface area contributed by atoms with Crippen LogP contribution in [0, 0.1) is 5.92 Å². The maximum absolute atomic E-state index is 4.29. The van der Waals surface area contributed by atoms with Gasteiger partial charge >= 0.3 is 0 Å². The van der Waals surface area contributed by atoms with Crippen molar-refractivity contribution in [2.45, 2.75) is 39.2 Å². The Morgan fingerprint density at radius 1 is 1.60 bits per heavy atom. The molecule has 0 spiro atoms. The van der Waals surface area contributed by atoms with Gasteiger partial charge in [-0.2, -0.15) is 0 Å². The van der Waals surface area contributed by atoms with Gasteiger partial charge in [-0.15, -0.1) is 0 Å². The summed E-state index contributed by atoms with van der Waals surface area (Å²) in [5.74, 6) is 0.706. The smallest absolute Gasteiger partial charge is 0.0951 e. The summed E-state index contributed by atoms with van der Waals surface area (Å²) in [4.78, 5) is 4.29. The molecule has 1 aromatic rings. The van der Waals surface area contributed by atoms with Crippen LogP contribution in [0.3, 0.4) is 0 Å². The highest BCUT2D eigenvalue weighted by Gasteiger charge is 2.17. The molecule has 0 radical (unpaired) electrons. The Morgan fingerprint density at radius 2 is 2.47 bits per heavy atom. The van der Waals surface area contributed by atoms with Gasteiger partial charge in [0.25, 0.3) is 0 Å². The van der Waals surface area contributed by atoms with Gasteiger partial charge in [0.05, 0.1) is 6.33 Å². The molecule has 1 aliphatic rings. The van der Waals surface area contributed by atoms with E-state index in [0.717, 1.165) is 13.0 Å². The molecule has 84 valence electrons. The topological polar surface area (TPSA) is 29.9 Å². The largest absolute Gasteiger partial charge is 0.330 e. The zero-order valence-corrected chi connectivity index (χ0v) is 9.74. The van der Waals surface area contributed by atoms with E-state index in [-0.39, 0.29) is 0 Å². The summed E-state index contributed by atoms with van der Waals surface area (Å²) in [6, 6.07) is 0.620. The van der Waals surface area contributed by atoms with E-state index in [1.54, 1.807) is 0 Å². The molecule has 0 bridgehead atoms. The number of imidazole rings is 1. The minimum Gasteiger partial charge on any atom is -0.330 e. The monoisotopic (exact) mass is 207 g/mol. The molecule has 1 aliphatic heterocycles. The summed E-state index contributed by atoms with van der Waals surface area (Å²) < 4.78 is 2.37. The summed E-state index contributed by atoms with van der Waals surface area (Å²) in [6.45, 7) is 6.79. The third-order valence-corrected chi connectivity index (χ3v) is 3.03. The first-order valence-electron chi connectivity index (χ1n) is 5.99. The van der Waals surface area contributed by atoms with Crippen LogP contribution in [0.2, 0.25) is 0 Å². The van der Waals surface area contributed by atoms with Crippen LogP contribution in [0.5, 0.6) is 0 Å². The summed E-state index contributed by atoms with van der Waals surface area (Å²) in [5, 5.41) is 3.46. The number of nitrogens with zero attached hydrogens (tertiary/aromatic N) is 2. The average molecular weight is 207 g/mol. The number of hydrogen-bond donors (Lipinski definition) is 1. The van der Waals surface area contributed by atoms with E-state index in [1.807, 2.05) is 12.5 Å². The number of hydrogen-bond acceptors (Lipinski definition) is 2. The lowest BCUT2D eigenvalue weighted by Crippen LogP contribution is -2.32. The molecule has 1 unspecified atom stereocenters. The van der Waals surface area contributed by atoms with Gasteiger partial charge in [-0.25, -0.2) is 4.98 Å². The first-order chi connectivity index (χ1) is 7.27. The first-order valence-corrected chi connectivity index (χ1v) is 5.99. The Morgan fingerprint density at radius 3 is 3.13 bits per heavy atom. The highest BCUT2D eigenvalue weighted by Crippen LogP contribution is 2.20. The van der Waals surface area contributed by atoms with E-state index < -0.39 is 0 Å². The van der Waals surface area contributed by atoms with Gasteiger partial charge in [-0.05, 0) is 31.7 Å². The molecule has 0 aromatic carbocycles. The van der Waals surface area contributed by atoms with Crippen molar-refractivity contribution in [1.29, 1.82) is 0 Å². The third kappa shape index (κ3) is 2.59. The van der Waals surface area contributed by atoms with Crippen LogP contribution in [0.15, 0.2) is 12.5 Å². The SMILES string of the molecule is CC(C)Cc1cncn1C1CCCNC1. The fourth-order valence-electron chi connectivity index (χ4n) is 2.31. The lowest BCUT2D eigenvalue weighted by Gasteiger charge is -2.26. The normalized spacial score (nSPS) is 22.2. The highest BCUT2D eigenvalue weighted by molar-refractivity contribution is 5.02. The third-order valence-electron chi connectivity index (χ3n) is 3.03. The van der Waals surface area contributed by atoms with Crippen molar-refractivity contribution in [3.8, 4) is 0 Å². The quantitative estimate of drug-likeness (QED) is 0.821. The highest BCUT2D eigenvalue weighted by atomic mass is 15.1. The number of rotatable bonds is 3. The predicted octanol–water partition coefficient (Wildman–Crippen LogP) is 2.01. The summed E-state index contributed by atoms with van der Waals surface area (Å²) in [5.41, 5.74) is 1.39. The second-order valence-corrected chi connectivity index (χ2v) is 4.89. The fraction of sp³-hybridized carbons (Fsp3) is 0.750. The molecule has 0 amide bonds. The van der Waals surface area contributed by atoms with E-state index in [0.29, 0.717) is 12.0 Å². The van der Waals surface area contributed by atoms with Crippen LogP contribution < -0.4 is 5.32 Å². The Kier molecular flexibility index (Phi) is 3.41. The predicted molar refractivity (Wildman–Crippen MR) is 61.9 cm³/mol. The van der Waals surface area contributed by atoms with E-state index >= 15 is 0 Å². The number of piperidine rings is 1. The van der Waals surface area contributed by atoms with Crippen molar-refractivity contribution >= 4 is 0 Å². The molecule has 0 aliphatic carbocycles. The van der Waals surface area contributed by atoms with Crippen molar-refractivity contribution in [2.24, 2.45) is 5.92 Å². The van der Waals surface area contributed by atoms with Gasteiger partial charge < -0.3 is 9.88 Å². The molecule has 1 saturated heterocycles. The zero-order valence-electron chi connectivity index (χ0n) is 9.74. The second-order valence-electron chi connectivity index (χ2n) is 4.89. The zero-order chi connectivity index (χ0) is 10.7. The molecule has 3 heteroatoms. The number of aromatic nitrogens is 2. The lowest BCUT2D eigenvalue weighted by atomic mass is 10.1. The second kappa shape index (κ2) is 4.79. The van der Waals surface area contributed by atoms with Gasteiger partial charge in [-0.3, -0.25) is 0 Å². The van der Waals surface area contributed by atoms with E-state index in [1.165, 1.54) is 25.1 Å². The van der Waals surface area contributed by atoms with Gasteiger partial charge in [0, 0.05) is 24.5 Å². The summed E-state index contributed by atoms with van der Waals surface area (Å²) in [7, 11) is 0. The van der Waals surface area contributed by atoms with Crippen molar-refractivity contribution in [3.05, 3.63) is 18.2 Å². The Hall–Kier alpha value is -0.830. The Bertz CT molecular complexity index is 298. The molecular formula is C12H21N3. The van der Waals surface area contributed by atoms with Gasteiger partial charge in [0.1, 0.15) is 0 Å². The van der Waals surface area contributed by atoms with Crippen LogP contribution in [0.25, 0.3) is 0 Å². The standard InChI is InChI=1S/C12H21N3/c1-10(2)6-12-8-14-9-15(12)11-4-3-5-13-7-11/h8-11,13H,3-7H2,1-2H3. The van der Waals surface area contributed by atoms with Crippen LogP contribution in [0.1, 0.15) is 38.4 Å². The van der Waals surface area contributed by atoms with Crippen molar-refractivity contribution < 1.29 is 0 Å². The molecule has 1 fully saturated rings. The van der Waals surface area contributed by atoms with E-state index in [2.05, 4.69) is 28.7 Å². The molecular weight excluding hydrogens is 186 g/mol. The molecule has 2 heterocycles. The summed E-state index contributed by atoms with van der Waals surface area (Å²) in [6.07, 6.45) is 7.72. The van der Waals surface area contributed by atoms with E-state index in [4.69, 9.17) is 0 Å². The molecule has 0 saturated carbocycles. The van der Waals surface area contributed by atoms with Crippen LogP contribution in [-0.4, -0.2) is 22.6 Å². The fourth-order valence-corrected chi connectivity index (χ4v) is 2.31. The van der Waals surface area contributed by atoms with Crippen LogP contribution >= 0.6 is 0 Å². The van der Waals surface area contributed by atoms with Crippen molar-refractivity contribution in [3.63, 3.8) is 0 Å². The molecule has 1 atom stereocenters. The van der Waals surface area contributed by atoms with Crippen LogP contribution in [-0.2, 0) is 6.42 Å². The Balaban J connectivity index is 2.09. The number of nitrogens with one attached hydrogen (secondary N) is 1. The van der Waals surface area contributed by atoms with E-state index in [9.17, 15) is 0 Å². The first kappa shape index (κ1) is 10.7. The van der Waals surface area contributed by atoms with Gasteiger partial charge in [-0.1, -0.05) is 13.8 Å². The lowest BCUT2D eigenvalue weighted by molar-refractivity contribution is 0.361. The maximum atomic E-state index is 4.29. The average Bonchev–Trinajstić information content (AvgIpc) is 2.66.